The topological polar surface area (TPSA) is 74.8 Å². The second-order valence-corrected chi connectivity index (χ2v) is 7.27. The van der Waals surface area contributed by atoms with E-state index < -0.39 is 0 Å². The van der Waals surface area contributed by atoms with Crippen LogP contribution in [-0.2, 0) is 0 Å². The second-order valence-electron chi connectivity index (χ2n) is 6.20. The summed E-state index contributed by atoms with van der Waals surface area (Å²) < 4.78 is 1.17. The molecule has 7 heteroatoms. The van der Waals surface area contributed by atoms with Gasteiger partial charge in [0.25, 0.3) is 5.91 Å². The van der Waals surface area contributed by atoms with Crippen molar-refractivity contribution in [1.82, 2.24) is 25.3 Å². The number of likely N-dealkylation sites (tertiary alicyclic amines) is 1. The summed E-state index contributed by atoms with van der Waals surface area (Å²) in [5.74, 6) is 0.0339. The molecule has 25 heavy (non-hydrogen) atoms. The van der Waals surface area contributed by atoms with E-state index in [2.05, 4.69) is 21.5 Å². The monoisotopic (exact) mass is 349 g/mol. The minimum atomic E-state index is 0.0339. The van der Waals surface area contributed by atoms with Gasteiger partial charge in [-0.1, -0.05) is 12.1 Å². The average Bonchev–Trinajstić information content (AvgIpc) is 3.37. The van der Waals surface area contributed by atoms with Crippen molar-refractivity contribution in [3.63, 3.8) is 0 Å². The first-order valence-electron chi connectivity index (χ1n) is 8.26. The molecule has 1 fully saturated rings. The summed E-state index contributed by atoms with van der Waals surface area (Å²) in [5, 5.41) is 11.7. The smallest absolute Gasteiger partial charge is 0.254 e. The van der Waals surface area contributed by atoms with Gasteiger partial charge in [0.1, 0.15) is 16.0 Å². The molecule has 2 aromatic heterocycles. The molecule has 2 aromatic carbocycles. The number of para-hydroxylation sites is 1. The summed E-state index contributed by atoms with van der Waals surface area (Å²) in [6.07, 6.45) is 1.95. The molecular formula is C18H15N5OS. The molecule has 1 aliphatic heterocycles. The fraction of sp³-hybridized carbons (Fsp3) is 0.222. The van der Waals surface area contributed by atoms with Crippen LogP contribution < -0.4 is 0 Å². The van der Waals surface area contributed by atoms with Crippen molar-refractivity contribution in [2.45, 2.75) is 18.9 Å². The van der Waals surface area contributed by atoms with Gasteiger partial charge in [0.05, 0.1) is 16.3 Å². The fourth-order valence-corrected chi connectivity index (χ4v) is 4.55. The summed E-state index contributed by atoms with van der Waals surface area (Å²) in [4.78, 5) is 19.8. The lowest BCUT2D eigenvalue weighted by Crippen LogP contribution is -2.30. The van der Waals surface area contributed by atoms with Gasteiger partial charge in [0.2, 0.25) is 0 Å². The van der Waals surface area contributed by atoms with Crippen LogP contribution in [0.25, 0.3) is 21.3 Å². The normalized spacial score (nSPS) is 17.6. The van der Waals surface area contributed by atoms with Gasteiger partial charge in [0, 0.05) is 12.1 Å². The number of carbonyl (C=O) groups is 1. The lowest BCUT2D eigenvalue weighted by Gasteiger charge is -2.23. The van der Waals surface area contributed by atoms with Crippen molar-refractivity contribution in [3.8, 4) is 0 Å². The van der Waals surface area contributed by atoms with E-state index in [0.717, 1.165) is 35.4 Å². The third-order valence-corrected chi connectivity index (χ3v) is 5.81. The van der Waals surface area contributed by atoms with Crippen molar-refractivity contribution < 1.29 is 4.79 Å². The highest BCUT2D eigenvalue weighted by atomic mass is 32.1. The number of H-pyrrole nitrogens is 1. The molecule has 1 amide bonds. The molecule has 0 spiro atoms. The Hall–Kier alpha value is -2.80. The summed E-state index contributed by atoms with van der Waals surface area (Å²) in [6, 6.07) is 13.6. The van der Waals surface area contributed by atoms with Crippen molar-refractivity contribution in [3.05, 3.63) is 53.0 Å². The van der Waals surface area contributed by atoms with Crippen LogP contribution in [0.1, 0.15) is 34.2 Å². The first kappa shape index (κ1) is 14.5. The maximum atomic E-state index is 13.1. The van der Waals surface area contributed by atoms with E-state index in [1.807, 2.05) is 35.2 Å². The highest BCUT2D eigenvalue weighted by Gasteiger charge is 2.32. The molecule has 0 saturated carbocycles. The number of fused-ring (bicyclic) bond motifs is 2. The van der Waals surface area contributed by atoms with Gasteiger partial charge in [0.15, 0.2) is 0 Å². The Morgan fingerprint density at radius 1 is 1.12 bits per heavy atom. The Balaban J connectivity index is 1.50. The van der Waals surface area contributed by atoms with Crippen LogP contribution in [0, 0.1) is 0 Å². The van der Waals surface area contributed by atoms with E-state index in [0.29, 0.717) is 11.1 Å². The van der Waals surface area contributed by atoms with Gasteiger partial charge < -0.3 is 4.90 Å². The number of carbonyl (C=O) groups excluding carboxylic acids is 1. The molecular weight excluding hydrogens is 334 g/mol. The maximum absolute atomic E-state index is 13.1. The van der Waals surface area contributed by atoms with E-state index in [-0.39, 0.29) is 11.9 Å². The molecule has 1 aliphatic rings. The molecule has 3 heterocycles. The Labute approximate surface area is 147 Å². The first-order chi connectivity index (χ1) is 12.3. The lowest BCUT2D eigenvalue weighted by atomic mass is 10.1. The van der Waals surface area contributed by atoms with E-state index in [1.54, 1.807) is 17.4 Å². The molecule has 0 bridgehead atoms. The van der Waals surface area contributed by atoms with Crippen LogP contribution in [-0.4, -0.2) is 37.7 Å². The molecule has 124 valence electrons. The Bertz CT molecular complexity index is 1050. The predicted octanol–water partition coefficient (Wildman–Crippen LogP) is 3.54. The fourth-order valence-electron chi connectivity index (χ4n) is 3.44. The minimum Gasteiger partial charge on any atom is -0.329 e. The van der Waals surface area contributed by atoms with Crippen LogP contribution >= 0.6 is 11.3 Å². The molecule has 1 saturated heterocycles. The Kier molecular flexibility index (Phi) is 3.27. The van der Waals surface area contributed by atoms with Crippen LogP contribution in [0.5, 0.6) is 0 Å². The SMILES string of the molecule is O=C(c1ccc2n[nH]nc2c1)N1CCC[C@@H]1c1nc2ccccc2s1. The van der Waals surface area contributed by atoms with Crippen molar-refractivity contribution in [1.29, 1.82) is 0 Å². The number of hydrogen-bond donors (Lipinski definition) is 1. The Morgan fingerprint density at radius 2 is 2.00 bits per heavy atom. The number of nitrogens with one attached hydrogen (secondary N) is 1. The Morgan fingerprint density at radius 3 is 2.92 bits per heavy atom. The third-order valence-electron chi connectivity index (χ3n) is 4.67. The average molecular weight is 349 g/mol. The zero-order valence-electron chi connectivity index (χ0n) is 13.3. The van der Waals surface area contributed by atoms with Gasteiger partial charge in [-0.05, 0) is 43.2 Å². The lowest BCUT2D eigenvalue weighted by molar-refractivity contribution is 0.0735. The zero-order chi connectivity index (χ0) is 16.8. The highest BCUT2D eigenvalue weighted by molar-refractivity contribution is 7.18. The summed E-state index contributed by atoms with van der Waals surface area (Å²) in [7, 11) is 0. The summed E-state index contributed by atoms with van der Waals surface area (Å²) >= 11 is 1.68. The largest absolute Gasteiger partial charge is 0.329 e. The van der Waals surface area contributed by atoms with Gasteiger partial charge in [-0.15, -0.1) is 11.3 Å². The highest BCUT2D eigenvalue weighted by Crippen LogP contribution is 2.37. The van der Waals surface area contributed by atoms with Gasteiger partial charge >= 0.3 is 0 Å². The van der Waals surface area contributed by atoms with Gasteiger partial charge in [-0.3, -0.25) is 4.79 Å². The van der Waals surface area contributed by atoms with Crippen molar-refractivity contribution in [2.24, 2.45) is 0 Å². The van der Waals surface area contributed by atoms with Crippen molar-refractivity contribution in [2.75, 3.05) is 6.54 Å². The van der Waals surface area contributed by atoms with Crippen LogP contribution in [0.3, 0.4) is 0 Å². The standard InChI is InChI=1S/C18H15N5OS/c24-18(11-7-8-12-14(10-11)21-22-20-12)23-9-3-5-15(23)17-19-13-4-1-2-6-16(13)25-17/h1-2,4,6-8,10,15H,3,5,9H2,(H,20,21,22)/t15-/m1/s1. The third kappa shape index (κ3) is 2.39. The molecule has 1 atom stereocenters. The number of aromatic amines is 1. The molecule has 0 unspecified atom stereocenters. The minimum absolute atomic E-state index is 0.0339. The molecule has 5 rings (SSSR count). The number of nitrogens with zero attached hydrogens (tertiary/aromatic N) is 4. The molecule has 6 nitrogen and oxygen atoms in total. The quantitative estimate of drug-likeness (QED) is 0.600. The van der Waals surface area contributed by atoms with E-state index in [9.17, 15) is 4.79 Å². The number of aromatic nitrogens is 4. The van der Waals surface area contributed by atoms with E-state index in [1.165, 1.54) is 4.70 Å². The van der Waals surface area contributed by atoms with Crippen LogP contribution in [0.2, 0.25) is 0 Å². The summed E-state index contributed by atoms with van der Waals surface area (Å²) in [6.45, 7) is 0.760. The number of hydrogen-bond acceptors (Lipinski definition) is 5. The zero-order valence-corrected chi connectivity index (χ0v) is 14.2. The summed E-state index contributed by atoms with van der Waals surface area (Å²) in [5.41, 5.74) is 3.13. The van der Waals surface area contributed by atoms with Crippen LogP contribution in [0.4, 0.5) is 0 Å². The van der Waals surface area contributed by atoms with Gasteiger partial charge in [-0.25, -0.2) is 4.98 Å². The number of benzene rings is 2. The number of rotatable bonds is 2. The first-order valence-corrected chi connectivity index (χ1v) is 9.08. The number of thiazole rings is 1. The molecule has 1 N–H and O–H groups in total. The van der Waals surface area contributed by atoms with E-state index in [4.69, 9.17) is 4.98 Å². The van der Waals surface area contributed by atoms with Crippen molar-refractivity contribution >= 4 is 38.5 Å². The second kappa shape index (κ2) is 5.63. The maximum Gasteiger partial charge on any atom is 0.254 e. The molecule has 4 aromatic rings. The van der Waals surface area contributed by atoms with E-state index >= 15 is 0 Å². The predicted molar refractivity (Wildman–Crippen MR) is 96.5 cm³/mol. The van der Waals surface area contributed by atoms with Gasteiger partial charge in [-0.2, -0.15) is 15.4 Å². The molecule has 0 radical (unpaired) electrons. The number of amides is 1. The van der Waals surface area contributed by atoms with Crippen LogP contribution in [0.15, 0.2) is 42.5 Å². The molecule has 0 aliphatic carbocycles.